The molecule has 3 aliphatic heterocycles. The van der Waals surface area contributed by atoms with Crippen molar-refractivity contribution in [1.82, 2.24) is 14.7 Å². The lowest BCUT2D eigenvalue weighted by atomic mass is 9.67. The van der Waals surface area contributed by atoms with Crippen molar-refractivity contribution in [3.05, 3.63) is 0 Å². The van der Waals surface area contributed by atoms with Crippen LogP contribution in [0.3, 0.4) is 0 Å². The Morgan fingerprint density at radius 3 is 0.875 bits per heavy atom. The number of hydrogen-bond acceptors (Lipinski definition) is 3. The molecule has 0 atom stereocenters. The Morgan fingerprint density at radius 2 is 0.656 bits per heavy atom. The normalized spacial score (nSPS) is 34.1. The highest BCUT2D eigenvalue weighted by molar-refractivity contribution is 5.74. The molecule has 0 aromatic heterocycles. The van der Waals surface area contributed by atoms with Gasteiger partial charge in [-0.15, -0.1) is 0 Å². The van der Waals surface area contributed by atoms with Crippen LogP contribution in [0.1, 0.15) is 125 Å². The highest BCUT2D eigenvalue weighted by atomic mass is 15.7. The van der Waals surface area contributed by atoms with Crippen molar-refractivity contribution < 1.29 is 4.58 Å². The molecule has 32 heavy (non-hydrogen) atoms. The largest absolute Gasteiger partial charge is 0.261 e. The van der Waals surface area contributed by atoms with E-state index in [-0.39, 0.29) is 50.6 Å². The van der Waals surface area contributed by atoms with E-state index < -0.39 is 0 Å². The third-order valence-corrected chi connectivity index (χ3v) is 11.9. The van der Waals surface area contributed by atoms with Gasteiger partial charge in [-0.1, -0.05) is 0 Å². The summed E-state index contributed by atoms with van der Waals surface area (Å²) >= 11 is 0. The molecule has 186 valence electrons. The van der Waals surface area contributed by atoms with Gasteiger partial charge in [0.1, 0.15) is 12.0 Å². The zero-order valence-electron chi connectivity index (χ0n) is 24.9. The molecule has 4 heteroatoms. The van der Waals surface area contributed by atoms with E-state index in [1.165, 1.54) is 5.71 Å². The van der Waals surface area contributed by atoms with Crippen molar-refractivity contribution in [3.63, 3.8) is 0 Å². The van der Waals surface area contributed by atoms with E-state index in [1.54, 1.807) is 0 Å². The van der Waals surface area contributed by atoms with Crippen LogP contribution in [0.4, 0.5) is 0 Å². The lowest BCUT2D eigenvalue weighted by Crippen LogP contribution is -2.82. The van der Waals surface area contributed by atoms with E-state index in [1.807, 2.05) is 0 Å². The van der Waals surface area contributed by atoms with Crippen molar-refractivity contribution in [3.8, 4) is 0 Å². The van der Waals surface area contributed by atoms with E-state index in [2.05, 4.69) is 144 Å². The van der Waals surface area contributed by atoms with Gasteiger partial charge in [0.15, 0.2) is 11.1 Å². The zero-order valence-corrected chi connectivity index (χ0v) is 24.9. The van der Waals surface area contributed by atoms with Crippen molar-refractivity contribution >= 4 is 5.71 Å². The minimum atomic E-state index is -0.0903. The molecule has 0 radical (unpaired) electrons. The molecule has 3 rings (SSSR count). The highest BCUT2D eigenvalue weighted by Gasteiger charge is 2.79. The summed E-state index contributed by atoms with van der Waals surface area (Å²) in [7, 11) is 0. The van der Waals surface area contributed by atoms with Crippen LogP contribution in [-0.4, -0.2) is 75.6 Å². The molecule has 0 aliphatic carbocycles. The molecule has 0 unspecified atom stereocenters. The molecule has 0 aromatic rings. The van der Waals surface area contributed by atoms with Gasteiger partial charge >= 0.3 is 0 Å². The second kappa shape index (κ2) is 6.21. The first-order chi connectivity index (χ1) is 13.8. The van der Waals surface area contributed by atoms with Gasteiger partial charge < -0.3 is 0 Å². The van der Waals surface area contributed by atoms with E-state index in [4.69, 9.17) is 0 Å². The fourth-order valence-corrected chi connectivity index (χ4v) is 8.31. The van der Waals surface area contributed by atoms with Gasteiger partial charge in [-0.25, -0.2) is 4.58 Å². The third kappa shape index (κ3) is 2.43. The van der Waals surface area contributed by atoms with Crippen LogP contribution in [0.15, 0.2) is 0 Å². The summed E-state index contributed by atoms with van der Waals surface area (Å²) in [6.45, 7) is 44.4. The van der Waals surface area contributed by atoms with Crippen LogP contribution in [0, 0.1) is 0 Å². The van der Waals surface area contributed by atoms with E-state index in [9.17, 15) is 0 Å². The lowest BCUT2D eigenvalue weighted by Gasteiger charge is -2.64. The Balaban J connectivity index is 2.58. The van der Waals surface area contributed by atoms with E-state index >= 15 is 0 Å². The van der Waals surface area contributed by atoms with E-state index in [0.29, 0.717) is 0 Å². The summed E-state index contributed by atoms with van der Waals surface area (Å²) in [5.74, 6) is 0. The van der Waals surface area contributed by atoms with Crippen molar-refractivity contribution in [2.45, 2.75) is 175 Å². The molecule has 0 amide bonds. The van der Waals surface area contributed by atoms with Crippen molar-refractivity contribution in [1.29, 1.82) is 0 Å². The molecular formula is C28H55N4+. The number of hydrogen-bond donors (Lipinski definition) is 0. The average molecular weight is 448 g/mol. The fraction of sp³-hybridized carbons (Fsp3) is 0.964. The summed E-state index contributed by atoms with van der Waals surface area (Å²) in [5, 5.41) is 0. The molecule has 0 N–H and O–H groups in total. The van der Waals surface area contributed by atoms with Crippen LogP contribution in [-0.2, 0) is 0 Å². The maximum atomic E-state index is 2.89. The maximum Gasteiger partial charge on any atom is 0.175 e. The fourth-order valence-electron chi connectivity index (χ4n) is 8.31. The Morgan fingerprint density at radius 1 is 0.438 bits per heavy atom. The SMILES string of the molecule is CC(C)=[N+]1C(C)(C)C(C)(C)N2C3N(C(C)(C)C2(C)C)C(C)(C)C(C)(C)N3C(C)(C)C1(C)C. The Bertz CT molecular complexity index is 785. The third-order valence-electron chi connectivity index (χ3n) is 11.9. The number of rotatable bonds is 0. The minimum Gasteiger partial charge on any atom is -0.261 e. The van der Waals surface area contributed by atoms with Crippen LogP contribution in [0.25, 0.3) is 0 Å². The van der Waals surface area contributed by atoms with Gasteiger partial charge in [0.25, 0.3) is 0 Å². The van der Waals surface area contributed by atoms with Crippen molar-refractivity contribution in [2.75, 3.05) is 0 Å². The number of nitrogens with zero attached hydrogens (tertiary/aromatic N) is 4. The Kier molecular flexibility index (Phi) is 5.08. The molecule has 3 heterocycles. The van der Waals surface area contributed by atoms with Crippen LogP contribution in [0.5, 0.6) is 0 Å². The molecule has 0 saturated carbocycles. The molecule has 3 saturated heterocycles. The topological polar surface area (TPSA) is 12.7 Å². The first kappa shape index (κ1) is 26.2. The van der Waals surface area contributed by atoms with Gasteiger partial charge in [-0.3, -0.25) is 14.7 Å². The van der Waals surface area contributed by atoms with E-state index in [0.717, 1.165) is 0 Å². The first-order valence-electron chi connectivity index (χ1n) is 12.8. The molecule has 4 nitrogen and oxygen atoms in total. The highest BCUT2D eigenvalue weighted by Crippen LogP contribution is 2.63. The van der Waals surface area contributed by atoms with Gasteiger partial charge in [-0.2, -0.15) is 0 Å². The van der Waals surface area contributed by atoms with Crippen LogP contribution in [0.2, 0.25) is 0 Å². The summed E-state index contributed by atoms with van der Waals surface area (Å²) in [6.07, 6.45) is 0.230. The summed E-state index contributed by atoms with van der Waals surface area (Å²) < 4.78 is 2.75. The standard InChI is InChI=1S/C28H55N4/c1-19(2)29-21(3,4)23(7,8)30-20-31(24(9,10)22(29,5)6)26(13,14)28(17,18)32(20)27(15,16)25(30,11)12/h20H,1-18H3/q+1. The van der Waals surface area contributed by atoms with Gasteiger partial charge in [0.05, 0.1) is 11.1 Å². The minimum absolute atomic E-state index is 0.000896. The molecular weight excluding hydrogens is 392 g/mol. The second-order valence-electron chi connectivity index (χ2n) is 15.2. The summed E-state index contributed by atoms with van der Waals surface area (Å²) in [6, 6.07) is 0. The molecule has 0 aromatic carbocycles. The molecule has 3 aliphatic rings. The predicted molar refractivity (Wildman–Crippen MR) is 139 cm³/mol. The van der Waals surface area contributed by atoms with Crippen LogP contribution >= 0.6 is 0 Å². The quantitative estimate of drug-likeness (QED) is 0.427. The van der Waals surface area contributed by atoms with Gasteiger partial charge in [0, 0.05) is 63.7 Å². The first-order valence-corrected chi connectivity index (χ1v) is 12.8. The Hall–Kier alpha value is -0.450. The summed E-state index contributed by atoms with van der Waals surface area (Å²) in [5.41, 5.74) is 1.01. The summed E-state index contributed by atoms with van der Waals surface area (Å²) in [4.78, 5) is 8.65. The second-order valence-corrected chi connectivity index (χ2v) is 15.2. The van der Waals surface area contributed by atoms with Gasteiger partial charge in [0.2, 0.25) is 0 Å². The zero-order chi connectivity index (χ0) is 25.5. The molecule has 0 spiro atoms. The smallest absolute Gasteiger partial charge is 0.175 e. The lowest BCUT2D eigenvalue weighted by molar-refractivity contribution is -0.694. The predicted octanol–water partition coefficient (Wildman–Crippen LogP) is 5.94. The van der Waals surface area contributed by atoms with Crippen LogP contribution < -0.4 is 0 Å². The molecule has 3 fully saturated rings. The maximum absolute atomic E-state index is 2.89. The monoisotopic (exact) mass is 447 g/mol. The van der Waals surface area contributed by atoms with Gasteiger partial charge in [-0.05, 0) is 83.1 Å². The Labute approximate surface area is 200 Å². The van der Waals surface area contributed by atoms with Crippen molar-refractivity contribution in [2.24, 2.45) is 0 Å². The molecule has 0 bridgehead atoms. The average Bonchev–Trinajstić information content (AvgIpc) is 2.77.